The molecule has 156 valence electrons. The lowest BCUT2D eigenvalue weighted by molar-refractivity contribution is -0.386. The quantitative estimate of drug-likeness (QED) is 0.422. The van der Waals surface area contributed by atoms with Crippen LogP contribution in [-0.4, -0.2) is 29.1 Å². The van der Waals surface area contributed by atoms with E-state index in [2.05, 4.69) is 16.0 Å². The van der Waals surface area contributed by atoms with Crippen molar-refractivity contribution in [2.24, 2.45) is 0 Å². The lowest BCUT2D eigenvalue weighted by atomic mass is 9.94. The Labute approximate surface area is 175 Å². The Morgan fingerprint density at radius 1 is 1.33 bits per heavy atom. The van der Waals surface area contributed by atoms with Crippen LogP contribution in [0.15, 0.2) is 47.7 Å². The minimum atomic E-state index is -1.04. The van der Waals surface area contributed by atoms with Crippen LogP contribution in [0.1, 0.15) is 18.5 Å². The fourth-order valence-corrected chi connectivity index (χ4v) is 3.28. The third-order valence-electron chi connectivity index (χ3n) is 4.42. The summed E-state index contributed by atoms with van der Waals surface area (Å²) in [5.74, 6) is -1.38. The number of nitro groups is 1. The number of phenols is 1. The maximum Gasteiger partial charge on any atom is 0.319 e. The highest BCUT2D eigenvalue weighted by Crippen LogP contribution is 2.40. The highest BCUT2D eigenvalue weighted by atomic mass is 35.5. The van der Waals surface area contributed by atoms with Crippen LogP contribution in [0, 0.1) is 10.1 Å². The van der Waals surface area contributed by atoms with Crippen molar-refractivity contribution in [2.45, 2.75) is 13.0 Å². The normalized spacial score (nSPS) is 15.8. The van der Waals surface area contributed by atoms with E-state index in [4.69, 9.17) is 16.3 Å². The number of rotatable bonds is 5. The van der Waals surface area contributed by atoms with E-state index < -0.39 is 34.3 Å². The molecule has 0 spiro atoms. The first-order chi connectivity index (χ1) is 14.2. The van der Waals surface area contributed by atoms with Gasteiger partial charge in [0.25, 0.3) is 5.91 Å². The number of halogens is 1. The minimum Gasteiger partial charge on any atom is -0.500 e. The molecule has 2 aromatic carbocycles. The highest BCUT2D eigenvalue weighted by molar-refractivity contribution is 6.31. The Balaban J connectivity index is 2.07. The second-order valence-corrected chi connectivity index (χ2v) is 6.82. The van der Waals surface area contributed by atoms with Gasteiger partial charge in [0.1, 0.15) is 0 Å². The number of aromatic hydroxyl groups is 1. The maximum atomic E-state index is 13.0. The second kappa shape index (κ2) is 8.29. The number of nitrogens with zero attached hydrogens (tertiary/aromatic N) is 1. The third-order valence-corrected chi connectivity index (χ3v) is 4.66. The van der Waals surface area contributed by atoms with Gasteiger partial charge in [-0.15, -0.1) is 0 Å². The first-order valence-electron chi connectivity index (χ1n) is 8.61. The van der Waals surface area contributed by atoms with Gasteiger partial charge in [-0.3, -0.25) is 14.9 Å². The molecule has 30 heavy (non-hydrogen) atoms. The van der Waals surface area contributed by atoms with E-state index in [1.165, 1.54) is 20.1 Å². The lowest BCUT2D eigenvalue weighted by Crippen LogP contribution is -2.46. The van der Waals surface area contributed by atoms with Gasteiger partial charge in [0.05, 0.1) is 23.6 Å². The molecule has 3 rings (SSSR count). The van der Waals surface area contributed by atoms with Gasteiger partial charge in [-0.25, -0.2) is 4.79 Å². The molecule has 0 radical (unpaired) electrons. The molecule has 2 aromatic rings. The number of nitrogens with one attached hydrogen (secondary N) is 3. The summed E-state index contributed by atoms with van der Waals surface area (Å²) in [6.07, 6.45) is 0. The van der Waals surface area contributed by atoms with Crippen LogP contribution < -0.4 is 20.7 Å². The Morgan fingerprint density at radius 2 is 2.07 bits per heavy atom. The third kappa shape index (κ3) is 4.13. The molecule has 0 fully saturated rings. The predicted molar refractivity (Wildman–Crippen MR) is 109 cm³/mol. The molecule has 1 aliphatic heterocycles. The van der Waals surface area contributed by atoms with Crippen LogP contribution in [0.25, 0.3) is 0 Å². The average Bonchev–Trinajstić information content (AvgIpc) is 2.67. The van der Waals surface area contributed by atoms with Crippen molar-refractivity contribution in [1.82, 2.24) is 10.6 Å². The van der Waals surface area contributed by atoms with Gasteiger partial charge in [0, 0.05) is 22.5 Å². The van der Waals surface area contributed by atoms with Crippen LogP contribution in [0.5, 0.6) is 11.5 Å². The maximum absolute atomic E-state index is 13.0. The Morgan fingerprint density at radius 3 is 2.70 bits per heavy atom. The van der Waals surface area contributed by atoms with E-state index in [9.17, 15) is 24.8 Å². The first-order valence-corrected chi connectivity index (χ1v) is 8.99. The number of ether oxygens (including phenoxy) is 1. The van der Waals surface area contributed by atoms with Gasteiger partial charge < -0.3 is 25.8 Å². The van der Waals surface area contributed by atoms with Crippen molar-refractivity contribution >= 4 is 34.9 Å². The molecule has 0 unspecified atom stereocenters. The topological polar surface area (TPSA) is 143 Å². The number of phenolic OH excluding ortho intramolecular Hbond substituents is 1. The van der Waals surface area contributed by atoms with Crippen molar-refractivity contribution in [3.05, 3.63) is 68.4 Å². The van der Waals surface area contributed by atoms with Gasteiger partial charge in [-0.05, 0) is 36.8 Å². The molecule has 1 heterocycles. The minimum absolute atomic E-state index is 0.122. The number of carbonyl (C=O) groups is 2. The van der Waals surface area contributed by atoms with E-state index in [0.29, 0.717) is 10.7 Å². The SMILES string of the molecule is COc1cc([C@H]2NC(=O)NC(C)=C2C(=O)Nc2cccc(Cl)c2)cc([N+](=O)[O-])c1O. The van der Waals surface area contributed by atoms with Crippen molar-refractivity contribution in [2.75, 3.05) is 12.4 Å². The number of anilines is 1. The second-order valence-electron chi connectivity index (χ2n) is 6.38. The van der Waals surface area contributed by atoms with Gasteiger partial charge >= 0.3 is 11.7 Å². The summed E-state index contributed by atoms with van der Waals surface area (Å²) in [6.45, 7) is 1.53. The molecule has 1 atom stereocenters. The standard InChI is InChI=1S/C19H17ClN4O6/c1-9-15(18(26)22-12-5-3-4-11(20)8-12)16(23-19(27)21-9)10-6-13(24(28)29)17(25)14(7-10)30-2/h3-8,16,25H,1-2H3,(H,22,26)(H2,21,23,27)/t16-/m1/s1. The monoisotopic (exact) mass is 432 g/mol. The van der Waals surface area contributed by atoms with Gasteiger partial charge in [0.2, 0.25) is 5.75 Å². The van der Waals surface area contributed by atoms with Crippen molar-refractivity contribution in [1.29, 1.82) is 0 Å². The van der Waals surface area contributed by atoms with E-state index in [1.807, 2.05) is 0 Å². The number of urea groups is 1. The van der Waals surface area contributed by atoms with Crippen LogP contribution in [0.2, 0.25) is 5.02 Å². The predicted octanol–water partition coefficient (Wildman–Crippen LogP) is 3.23. The molecule has 0 saturated carbocycles. The number of methoxy groups -OCH3 is 1. The number of hydrogen-bond donors (Lipinski definition) is 4. The zero-order valence-corrected chi connectivity index (χ0v) is 16.6. The van der Waals surface area contributed by atoms with Crippen LogP contribution >= 0.6 is 11.6 Å². The number of amides is 3. The highest BCUT2D eigenvalue weighted by Gasteiger charge is 2.33. The molecular formula is C19H17ClN4O6. The fraction of sp³-hybridized carbons (Fsp3) is 0.158. The van der Waals surface area contributed by atoms with Crippen molar-refractivity contribution in [3.63, 3.8) is 0 Å². The van der Waals surface area contributed by atoms with Gasteiger partial charge in [0.15, 0.2) is 5.75 Å². The van der Waals surface area contributed by atoms with E-state index in [1.54, 1.807) is 24.3 Å². The molecule has 0 aliphatic carbocycles. The zero-order valence-electron chi connectivity index (χ0n) is 15.9. The van der Waals surface area contributed by atoms with Crippen LogP contribution in [0.4, 0.5) is 16.2 Å². The summed E-state index contributed by atoms with van der Waals surface area (Å²) in [4.78, 5) is 35.6. The molecule has 0 saturated heterocycles. The number of allylic oxidation sites excluding steroid dienone is 1. The molecule has 10 nitrogen and oxygen atoms in total. The van der Waals surface area contributed by atoms with E-state index in [0.717, 1.165) is 6.07 Å². The molecule has 1 aliphatic rings. The first kappa shape index (κ1) is 20.9. The summed E-state index contributed by atoms with van der Waals surface area (Å²) in [6, 6.07) is 7.26. The summed E-state index contributed by atoms with van der Waals surface area (Å²) in [5, 5.41) is 29.5. The molecule has 11 heteroatoms. The molecule has 4 N–H and O–H groups in total. The number of benzene rings is 2. The summed E-state index contributed by atoms with van der Waals surface area (Å²) in [7, 11) is 1.23. The lowest BCUT2D eigenvalue weighted by Gasteiger charge is -2.29. The van der Waals surface area contributed by atoms with Crippen LogP contribution in [0.3, 0.4) is 0 Å². The summed E-state index contributed by atoms with van der Waals surface area (Å²) >= 11 is 5.95. The van der Waals surface area contributed by atoms with Crippen molar-refractivity contribution < 1.29 is 24.4 Å². The molecule has 0 aromatic heterocycles. The number of nitro benzene ring substituents is 1. The Kier molecular flexibility index (Phi) is 5.79. The Bertz CT molecular complexity index is 1080. The molecule has 3 amide bonds. The summed E-state index contributed by atoms with van der Waals surface area (Å²) in [5.41, 5.74) is 0.374. The van der Waals surface area contributed by atoms with E-state index in [-0.39, 0.29) is 22.6 Å². The summed E-state index contributed by atoms with van der Waals surface area (Å²) < 4.78 is 5.01. The molecular weight excluding hydrogens is 416 g/mol. The largest absolute Gasteiger partial charge is 0.500 e. The smallest absolute Gasteiger partial charge is 0.319 e. The number of carbonyl (C=O) groups excluding carboxylic acids is 2. The fourth-order valence-electron chi connectivity index (χ4n) is 3.08. The van der Waals surface area contributed by atoms with Crippen LogP contribution in [-0.2, 0) is 4.79 Å². The average molecular weight is 433 g/mol. The van der Waals surface area contributed by atoms with E-state index >= 15 is 0 Å². The zero-order chi connectivity index (χ0) is 22.0. The van der Waals surface area contributed by atoms with Gasteiger partial charge in [-0.1, -0.05) is 17.7 Å². The number of hydrogen-bond acceptors (Lipinski definition) is 6. The Hall–Kier alpha value is -3.79. The molecule has 0 bridgehead atoms. The van der Waals surface area contributed by atoms with Gasteiger partial charge in [-0.2, -0.15) is 0 Å². The van der Waals surface area contributed by atoms with Crippen molar-refractivity contribution in [3.8, 4) is 11.5 Å².